The number of amides is 1. The fraction of sp³-hybridized carbons (Fsp3) is 0.667. The normalized spacial score (nSPS) is 25.1. The van der Waals surface area contributed by atoms with Gasteiger partial charge in [-0.3, -0.25) is 4.79 Å². The molecule has 1 aromatic rings. The third-order valence-corrected chi connectivity index (χ3v) is 5.40. The number of anilines is 1. The Kier molecular flexibility index (Phi) is 7.97. The van der Waals surface area contributed by atoms with Crippen LogP contribution in [0, 0.1) is 5.92 Å². The fourth-order valence-corrected chi connectivity index (χ4v) is 4.09. The maximum atomic E-state index is 12.5. The van der Waals surface area contributed by atoms with Gasteiger partial charge in [-0.25, -0.2) is 0 Å². The third kappa shape index (κ3) is 4.51. The standard InChI is InChI=1S/C15H23N3OS.2ClH/c16-13-4-1-3-12(11-13)15(19)18-8-6-17(7-9-18)14-5-2-10-20-14;;/h2,5,10,12-13H,1,3-4,6-9,11,16H2;2*1H. The van der Waals surface area contributed by atoms with Crippen LogP contribution in [0.3, 0.4) is 0 Å². The van der Waals surface area contributed by atoms with Gasteiger partial charge in [-0.15, -0.1) is 36.2 Å². The first kappa shape index (κ1) is 19.6. The van der Waals surface area contributed by atoms with E-state index in [1.54, 1.807) is 11.3 Å². The van der Waals surface area contributed by atoms with Gasteiger partial charge in [0.1, 0.15) is 0 Å². The first-order valence-electron chi connectivity index (χ1n) is 7.57. The summed E-state index contributed by atoms with van der Waals surface area (Å²) >= 11 is 1.77. The van der Waals surface area contributed by atoms with Gasteiger partial charge in [0.05, 0.1) is 5.00 Å². The summed E-state index contributed by atoms with van der Waals surface area (Å²) in [5.74, 6) is 0.512. The molecule has 2 N–H and O–H groups in total. The second-order valence-corrected chi connectivity index (χ2v) is 6.81. The molecule has 1 saturated carbocycles. The lowest BCUT2D eigenvalue weighted by molar-refractivity contribution is -0.137. The van der Waals surface area contributed by atoms with Gasteiger partial charge < -0.3 is 15.5 Å². The van der Waals surface area contributed by atoms with Crippen LogP contribution in [0.4, 0.5) is 5.00 Å². The highest BCUT2D eigenvalue weighted by atomic mass is 35.5. The molecule has 0 aromatic carbocycles. The van der Waals surface area contributed by atoms with Crippen molar-refractivity contribution in [3.05, 3.63) is 17.5 Å². The monoisotopic (exact) mass is 365 g/mol. The average Bonchev–Trinajstić information content (AvgIpc) is 3.01. The van der Waals surface area contributed by atoms with E-state index in [9.17, 15) is 4.79 Å². The van der Waals surface area contributed by atoms with Crippen molar-refractivity contribution in [2.45, 2.75) is 31.7 Å². The van der Waals surface area contributed by atoms with Crippen molar-refractivity contribution in [3.8, 4) is 0 Å². The van der Waals surface area contributed by atoms with E-state index in [1.807, 2.05) is 4.90 Å². The zero-order chi connectivity index (χ0) is 13.9. The molecule has 1 aliphatic heterocycles. The molecule has 1 amide bonds. The lowest BCUT2D eigenvalue weighted by atomic mass is 9.85. The van der Waals surface area contributed by atoms with Crippen LogP contribution < -0.4 is 10.6 Å². The summed E-state index contributed by atoms with van der Waals surface area (Å²) in [6.07, 6.45) is 4.09. The van der Waals surface area contributed by atoms with Gasteiger partial charge in [-0.1, -0.05) is 6.42 Å². The number of nitrogens with zero attached hydrogens (tertiary/aromatic N) is 2. The van der Waals surface area contributed by atoms with Gasteiger partial charge in [0.15, 0.2) is 0 Å². The third-order valence-electron chi connectivity index (χ3n) is 4.47. The van der Waals surface area contributed by atoms with Crippen LogP contribution in [0.5, 0.6) is 0 Å². The molecule has 1 aromatic heterocycles. The highest BCUT2D eigenvalue weighted by Gasteiger charge is 2.30. The van der Waals surface area contributed by atoms with Crippen LogP contribution in [0.15, 0.2) is 17.5 Å². The van der Waals surface area contributed by atoms with E-state index in [2.05, 4.69) is 22.4 Å². The molecule has 7 heteroatoms. The summed E-state index contributed by atoms with van der Waals surface area (Å²) < 4.78 is 0. The number of halogens is 2. The van der Waals surface area contributed by atoms with E-state index in [0.717, 1.165) is 51.9 Å². The predicted molar refractivity (Wildman–Crippen MR) is 97.5 cm³/mol. The lowest BCUT2D eigenvalue weighted by Gasteiger charge is -2.38. The van der Waals surface area contributed by atoms with Crippen LogP contribution in [0.2, 0.25) is 0 Å². The number of nitrogens with two attached hydrogens (primary N) is 1. The highest BCUT2D eigenvalue weighted by Crippen LogP contribution is 2.27. The Morgan fingerprint density at radius 1 is 1.18 bits per heavy atom. The molecule has 2 atom stereocenters. The minimum absolute atomic E-state index is 0. The van der Waals surface area contributed by atoms with Gasteiger partial charge >= 0.3 is 0 Å². The molecule has 126 valence electrons. The molecule has 0 radical (unpaired) electrons. The van der Waals surface area contributed by atoms with Gasteiger partial charge in [0.25, 0.3) is 0 Å². The summed E-state index contributed by atoms with van der Waals surface area (Å²) in [5, 5.41) is 3.42. The van der Waals surface area contributed by atoms with E-state index in [-0.39, 0.29) is 36.8 Å². The molecule has 2 aliphatic rings. The lowest BCUT2D eigenvalue weighted by Crippen LogP contribution is -2.51. The van der Waals surface area contributed by atoms with Gasteiger partial charge in [0.2, 0.25) is 5.91 Å². The summed E-state index contributed by atoms with van der Waals surface area (Å²) in [6, 6.07) is 4.47. The Bertz CT molecular complexity index is 450. The van der Waals surface area contributed by atoms with Crippen molar-refractivity contribution in [2.24, 2.45) is 11.7 Å². The van der Waals surface area contributed by atoms with Crippen molar-refractivity contribution >= 4 is 47.1 Å². The molecule has 0 spiro atoms. The van der Waals surface area contributed by atoms with Crippen molar-refractivity contribution < 1.29 is 4.79 Å². The van der Waals surface area contributed by atoms with Crippen molar-refractivity contribution in [2.75, 3.05) is 31.1 Å². The average molecular weight is 366 g/mol. The second-order valence-electron chi connectivity index (χ2n) is 5.89. The molecule has 2 unspecified atom stereocenters. The molecular formula is C15H25Cl2N3OS. The number of carbonyl (C=O) groups excluding carboxylic acids is 1. The zero-order valence-corrected chi connectivity index (χ0v) is 15.1. The molecule has 0 bridgehead atoms. The van der Waals surface area contributed by atoms with Crippen molar-refractivity contribution in [1.82, 2.24) is 4.90 Å². The number of rotatable bonds is 2. The number of hydrogen-bond donors (Lipinski definition) is 1. The Morgan fingerprint density at radius 3 is 2.50 bits per heavy atom. The van der Waals surface area contributed by atoms with Crippen LogP contribution in [0.1, 0.15) is 25.7 Å². The first-order chi connectivity index (χ1) is 9.74. The maximum absolute atomic E-state index is 12.5. The molecule has 1 aliphatic carbocycles. The van der Waals surface area contributed by atoms with Crippen molar-refractivity contribution in [1.29, 1.82) is 0 Å². The van der Waals surface area contributed by atoms with Gasteiger partial charge in [-0.05, 0) is 36.8 Å². The Balaban J connectivity index is 0.00000121. The van der Waals surface area contributed by atoms with E-state index >= 15 is 0 Å². The summed E-state index contributed by atoms with van der Waals surface area (Å²) in [4.78, 5) is 17.0. The molecule has 2 fully saturated rings. The molecular weight excluding hydrogens is 341 g/mol. The smallest absolute Gasteiger partial charge is 0.225 e. The van der Waals surface area contributed by atoms with Crippen LogP contribution in [-0.4, -0.2) is 43.0 Å². The highest BCUT2D eigenvalue weighted by molar-refractivity contribution is 7.14. The number of carbonyl (C=O) groups is 1. The summed E-state index contributed by atoms with van der Waals surface area (Å²) in [7, 11) is 0. The SMILES string of the molecule is Cl.Cl.NC1CCCC(C(=O)N2CCN(c3cccs3)CC2)C1. The summed E-state index contributed by atoms with van der Waals surface area (Å²) in [6.45, 7) is 3.60. The number of thiophene rings is 1. The quantitative estimate of drug-likeness (QED) is 0.876. The van der Waals surface area contributed by atoms with E-state index in [1.165, 1.54) is 5.00 Å². The molecule has 2 heterocycles. The topological polar surface area (TPSA) is 49.6 Å². The van der Waals surface area contributed by atoms with Crippen LogP contribution >= 0.6 is 36.2 Å². The van der Waals surface area contributed by atoms with Crippen molar-refractivity contribution in [3.63, 3.8) is 0 Å². The van der Waals surface area contributed by atoms with Crippen LogP contribution in [0.25, 0.3) is 0 Å². The number of piperazine rings is 1. The first-order valence-corrected chi connectivity index (χ1v) is 8.45. The molecule has 22 heavy (non-hydrogen) atoms. The largest absolute Gasteiger partial charge is 0.360 e. The van der Waals surface area contributed by atoms with Crippen LogP contribution in [-0.2, 0) is 4.79 Å². The Morgan fingerprint density at radius 2 is 1.91 bits per heavy atom. The summed E-state index contributed by atoms with van der Waals surface area (Å²) in [5.41, 5.74) is 6.00. The Hall–Kier alpha value is -0.490. The molecule has 3 rings (SSSR count). The maximum Gasteiger partial charge on any atom is 0.225 e. The minimum atomic E-state index is 0. The van der Waals surface area contributed by atoms with E-state index < -0.39 is 0 Å². The minimum Gasteiger partial charge on any atom is -0.360 e. The fourth-order valence-electron chi connectivity index (χ4n) is 3.31. The van der Waals surface area contributed by atoms with E-state index in [4.69, 9.17) is 5.73 Å². The van der Waals surface area contributed by atoms with Gasteiger partial charge in [0, 0.05) is 38.1 Å². The second kappa shape index (κ2) is 8.96. The van der Waals surface area contributed by atoms with E-state index in [0.29, 0.717) is 5.91 Å². The number of hydrogen-bond acceptors (Lipinski definition) is 4. The molecule has 1 saturated heterocycles. The van der Waals surface area contributed by atoms with Gasteiger partial charge in [-0.2, -0.15) is 0 Å². The Labute approximate surface area is 148 Å². The molecule has 4 nitrogen and oxygen atoms in total. The zero-order valence-electron chi connectivity index (χ0n) is 12.6. The predicted octanol–water partition coefficient (Wildman–Crippen LogP) is 2.76.